The van der Waals surface area contributed by atoms with Crippen LogP contribution in [0, 0.1) is 17.0 Å². The van der Waals surface area contributed by atoms with Crippen LogP contribution in [0.5, 0.6) is 5.88 Å². The van der Waals surface area contributed by atoms with E-state index >= 15 is 0 Å². The summed E-state index contributed by atoms with van der Waals surface area (Å²) in [5.74, 6) is 0.118. The molecule has 1 saturated heterocycles. The smallest absolute Gasteiger partial charge is 0.333 e. The van der Waals surface area contributed by atoms with Gasteiger partial charge in [0.2, 0.25) is 0 Å². The zero-order chi connectivity index (χ0) is 13.0. The van der Waals surface area contributed by atoms with E-state index in [1.165, 1.54) is 19.0 Å². The Labute approximate surface area is 106 Å². The molecule has 0 spiro atoms. The molecule has 1 aliphatic rings. The lowest BCUT2D eigenvalue weighted by Crippen LogP contribution is -2.38. The van der Waals surface area contributed by atoms with Gasteiger partial charge in [0.15, 0.2) is 0 Å². The summed E-state index contributed by atoms with van der Waals surface area (Å²) in [4.78, 5) is 14.5. The van der Waals surface area contributed by atoms with E-state index in [4.69, 9.17) is 4.74 Å². The van der Waals surface area contributed by atoms with E-state index in [-0.39, 0.29) is 17.6 Å². The van der Waals surface area contributed by atoms with Crippen molar-refractivity contribution in [3.8, 4) is 5.88 Å². The summed E-state index contributed by atoms with van der Waals surface area (Å²) in [7, 11) is 0. The van der Waals surface area contributed by atoms with Crippen LogP contribution in [-0.4, -0.2) is 29.1 Å². The van der Waals surface area contributed by atoms with Crippen LogP contribution in [-0.2, 0) is 0 Å². The monoisotopic (exact) mass is 251 g/mol. The van der Waals surface area contributed by atoms with Crippen molar-refractivity contribution in [2.24, 2.45) is 0 Å². The first-order valence-electron chi connectivity index (χ1n) is 6.14. The van der Waals surface area contributed by atoms with Gasteiger partial charge in [0.1, 0.15) is 6.61 Å². The number of piperidine rings is 1. The Bertz CT molecular complexity index is 431. The van der Waals surface area contributed by atoms with Gasteiger partial charge in [-0.15, -0.1) is 0 Å². The maximum absolute atomic E-state index is 11.0. The Morgan fingerprint density at radius 1 is 1.61 bits per heavy atom. The second-order valence-corrected chi connectivity index (χ2v) is 4.50. The van der Waals surface area contributed by atoms with Gasteiger partial charge in [-0.05, 0) is 32.4 Å². The van der Waals surface area contributed by atoms with Gasteiger partial charge in [0.25, 0.3) is 5.88 Å². The standard InChI is InChI=1S/C12H17N3O3/c1-9-5-7-14-12(11(9)15(16)17)18-8-10-4-2-3-6-13-10/h5,7,10,13H,2-4,6,8H2,1H3. The molecule has 2 rings (SSSR count). The molecule has 6 nitrogen and oxygen atoms in total. The number of aryl methyl sites for hydroxylation is 1. The van der Waals surface area contributed by atoms with Crippen molar-refractivity contribution in [2.45, 2.75) is 32.2 Å². The highest BCUT2D eigenvalue weighted by Crippen LogP contribution is 2.27. The van der Waals surface area contributed by atoms with Gasteiger partial charge in [-0.2, -0.15) is 0 Å². The van der Waals surface area contributed by atoms with Gasteiger partial charge in [0, 0.05) is 17.8 Å². The molecule has 0 saturated carbocycles. The summed E-state index contributed by atoms with van der Waals surface area (Å²) < 4.78 is 5.50. The number of nitro groups is 1. The summed E-state index contributed by atoms with van der Waals surface area (Å²) in [6, 6.07) is 1.88. The van der Waals surface area contributed by atoms with Crippen LogP contribution in [0.2, 0.25) is 0 Å². The molecule has 0 radical (unpaired) electrons. The fourth-order valence-electron chi connectivity index (χ4n) is 2.10. The Balaban J connectivity index is 2.04. The zero-order valence-electron chi connectivity index (χ0n) is 10.4. The number of ether oxygens (including phenoxy) is 1. The highest BCUT2D eigenvalue weighted by Gasteiger charge is 2.21. The van der Waals surface area contributed by atoms with Gasteiger partial charge in [-0.1, -0.05) is 6.42 Å². The lowest BCUT2D eigenvalue weighted by molar-refractivity contribution is -0.386. The lowest BCUT2D eigenvalue weighted by Gasteiger charge is -2.23. The third-order valence-electron chi connectivity index (χ3n) is 3.11. The van der Waals surface area contributed by atoms with Crippen molar-refractivity contribution in [2.75, 3.05) is 13.2 Å². The molecule has 1 atom stereocenters. The van der Waals surface area contributed by atoms with Crippen molar-refractivity contribution in [3.63, 3.8) is 0 Å². The molecule has 18 heavy (non-hydrogen) atoms. The third kappa shape index (κ3) is 2.95. The van der Waals surface area contributed by atoms with Crippen molar-refractivity contribution in [1.82, 2.24) is 10.3 Å². The largest absolute Gasteiger partial charge is 0.471 e. The van der Waals surface area contributed by atoms with Gasteiger partial charge < -0.3 is 10.1 Å². The molecular formula is C12H17N3O3. The van der Waals surface area contributed by atoms with Crippen LogP contribution in [0.25, 0.3) is 0 Å². The number of rotatable bonds is 4. The van der Waals surface area contributed by atoms with Crippen molar-refractivity contribution in [3.05, 3.63) is 27.9 Å². The Hall–Kier alpha value is -1.69. The number of aromatic nitrogens is 1. The van der Waals surface area contributed by atoms with E-state index in [0.717, 1.165) is 13.0 Å². The highest BCUT2D eigenvalue weighted by atomic mass is 16.6. The molecular weight excluding hydrogens is 234 g/mol. The minimum atomic E-state index is -0.439. The molecule has 0 aliphatic carbocycles. The van der Waals surface area contributed by atoms with Crippen molar-refractivity contribution >= 4 is 5.69 Å². The quantitative estimate of drug-likeness (QED) is 0.652. The molecule has 1 N–H and O–H groups in total. The summed E-state index contributed by atoms with van der Waals surface area (Å²) in [5, 5.41) is 14.3. The first-order valence-corrected chi connectivity index (χ1v) is 6.14. The van der Waals surface area contributed by atoms with Gasteiger partial charge >= 0.3 is 5.69 Å². The average Bonchev–Trinajstić information content (AvgIpc) is 2.37. The predicted molar refractivity (Wildman–Crippen MR) is 66.8 cm³/mol. The van der Waals surface area contributed by atoms with Crippen LogP contribution in [0.1, 0.15) is 24.8 Å². The average molecular weight is 251 g/mol. The Morgan fingerprint density at radius 2 is 2.44 bits per heavy atom. The first kappa shape index (κ1) is 12.8. The SMILES string of the molecule is Cc1ccnc(OCC2CCCCN2)c1[N+](=O)[O-]. The molecule has 0 bridgehead atoms. The molecule has 1 aromatic heterocycles. The molecule has 98 valence electrons. The van der Waals surface area contributed by atoms with Crippen LogP contribution in [0.4, 0.5) is 5.69 Å². The van der Waals surface area contributed by atoms with Gasteiger partial charge in [-0.3, -0.25) is 10.1 Å². The molecule has 6 heteroatoms. The maximum Gasteiger partial charge on any atom is 0.333 e. The number of nitrogens with zero attached hydrogens (tertiary/aromatic N) is 2. The van der Waals surface area contributed by atoms with Gasteiger partial charge in [0.05, 0.1) is 4.92 Å². The second-order valence-electron chi connectivity index (χ2n) is 4.50. The highest BCUT2D eigenvalue weighted by molar-refractivity contribution is 5.47. The summed E-state index contributed by atoms with van der Waals surface area (Å²) in [6.45, 7) is 3.10. The third-order valence-corrected chi connectivity index (χ3v) is 3.11. The van der Waals surface area contributed by atoms with Gasteiger partial charge in [-0.25, -0.2) is 4.98 Å². The van der Waals surface area contributed by atoms with Crippen LogP contribution in [0.3, 0.4) is 0 Å². The summed E-state index contributed by atoms with van der Waals surface area (Å²) >= 11 is 0. The first-order chi connectivity index (χ1) is 8.68. The molecule has 0 aromatic carbocycles. The fraction of sp³-hybridized carbons (Fsp3) is 0.583. The second kappa shape index (κ2) is 5.77. The topological polar surface area (TPSA) is 77.3 Å². The van der Waals surface area contributed by atoms with Crippen molar-refractivity contribution < 1.29 is 9.66 Å². The molecule has 0 amide bonds. The molecule has 1 aromatic rings. The van der Waals surface area contributed by atoms with E-state index in [0.29, 0.717) is 12.2 Å². The molecule has 1 fully saturated rings. The minimum Gasteiger partial charge on any atom is -0.471 e. The Morgan fingerprint density at radius 3 is 3.11 bits per heavy atom. The number of nitrogens with one attached hydrogen (secondary N) is 1. The maximum atomic E-state index is 11.0. The molecule has 1 unspecified atom stereocenters. The van der Waals surface area contributed by atoms with Crippen LogP contribution < -0.4 is 10.1 Å². The zero-order valence-corrected chi connectivity index (χ0v) is 10.4. The summed E-state index contributed by atoms with van der Waals surface area (Å²) in [6.07, 6.45) is 4.93. The van der Waals surface area contributed by atoms with E-state index < -0.39 is 4.92 Å². The van der Waals surface area contributed by atoms with E-state index in [1.54, 1.807) is 13.0 Å². The summed E-state index contributed by atoms with van der Waals surface area (Å²) in [5.41, 5.74) is 0.537. The number of hydrogen-bond donors (Lipinski definition) is 1. The van der Waals surface area contributed by atoms with Crippen LogP contribution in [0.15, 0.2) is 12.3 Å². The molecule has 1 aliphatic heterocycles. The van der Waals surface area contributed by atoms with E-state index in [1.807, 2.05) is 0 Å². The normalized spacial score (nSPS) is 19.5. The Kier molecular flexibility index (Phi) is 4.09. The predicted octanol–water partition coefficient (Wildman–Crippen LogP) is 1.82. The number of hydrogen-bond acceptors (Lipinski definition) is 5. The fourth-order valence-corrected chi connectivity index (χ4v) is 2.10. The van der Waals surface area contributed by atoms with E-state index in [2.05, 4.69) is 10.3 Å². The molecule has 2 heterocycles. The van der Waals surface area contributed by atoms with Crippen LogP contribution >= 0.6 is 0 Å². The van der Waals surface area contributed by atoms with E-state index in [9.17, 15) is 10.1 Å². The lowest BCUT2D eigenvalue weighted by atomic mass is 10.1. The minimum absolute atomic E-state index is 0.0340. The number of pyridine rings is 1. The van der Waals surface area contributed by atoms with Crippen molar-refractivity contribution in [1.29, 1.82) is 0 Å².